The Labute approximate surface area is 109 Å². The van der Waals surface area contributed by atoms with Gasteiger partial charge < -0.3 is 9.88 Å². The van der Waals surface area contributed by atoms with Crippen molar-refractivity contribution >= 4 is 11.0 Å². The molecule has 18 heavy (non-hydrogen) atoms. The van der Waals surface area contributed by atoms with Crippen LogP contribution in [0.25, 0.3) is 11.0 Å². The molecule has 1 aromatic carbocycles. The van der Waals surface area contributed by atoms with Crippen molar-refractivity contribution in [3.63, 3.8) is 0 Å². The Balaban J connectivity index is 2.13. The standard InChI is InChI=1S/C15H23N3/c1-11(2)16-9-12(3)10-18-13(4)17-14-7-5-6-8-15(14)18/h5-8,11-12,16H,9-10H2,1-4H3. The summed E-state index contributed by atoms with van der Waals surface area (Å²) in [6.07, 6.45) is 0. The van der Waals surface area contributed by atoms with Crippen molar-refractivity contribution in [1.82, 2.24) is 14.9 Å². The molecule has 2 rings (SSSR count). The van der Waals surface area contributed by atoms with Gasteiger partial charge >= 0.3 is 0 Å². The molecule has 1 unspecified atom stereocenters. The zero-order valence-electron chi connectivity index (χ0n) is 11.8. The minimum atomic E-state index is 0.549. The zero-order chi connectivity index (χ0) is 13.1. The molecule has 3 heteroatoms. The number of hydrogen-bond acceptors (Lipinski definition) is 2. The molecule has 0 fully saturated rings. The van der Waals surface area contributed by atoms with Gasteiger partial charge in [0, 0.05) is 12.6 Å². The van der Waals surface area contributed by atoms with Crippen LogP contribution < -0.4 is 5.32 Å². The first-order valence-corrected chi connectivity index (χ1v) is 6.73. The van der Waals surface area contributed by atoms with E-state index in [0.29, 0.717) is 12.0 Å². The highest BCUT2D eigenvalue weighted by molar-refractivity contribution is 5.75. The maximum absolute atomic E-state index is 4.60. The first-order valence-electron chi connectivity index (χ1n) is 6.73. The van der Waals surface area contributed by atoms with Gasteiger partial charge in [0.25, 0.3) is 0 Å². The van der Waals surface area contributed by atoms with Gasteiger partial charge in [0.1, 0.15) is 5.82 Å². The van der Waals surface area contributed by atoms with Crippen molar-refractivity contribution < 1.29 is 0 Å². The number of fused-ring (bicyclic) bond motifs is 1. The predicted octanol–water partition coefficient (Wildman–Crippen LogP) is 2.98. The lowest BCUT2D eigenvalue weighted by molar-refractivity contribution is 0.426. The number of imidazole rings is 1. The molecule has 0 aliphatic rings. The Morgan fingerprint density at radius 1 is 1.22 bits per heavy atom. The van der Waals surface area contributed by atoms with Gasteiger partial charge in [0.15, 0.2) is 0 Å². The van der Waals surface area contributed by atoms with Crippen LogP contribution in [-0.4, -0.2) is 22.1 Å². The highest BCUT2D eigenvalue weighted by Crippen LogP contribution is 2.17. The van der Waals surface area contributed by atoms with Crippen molar-refractivity contribution in [2.45, 2.75) is 40.3 Å². The van der Waals surface area contributed by atoms with Gasteiger partial charge in [0.05, 0.1) is 11.0 Å². The van der Waals surface area contributed by atoms with Crippen LogP contribution in [0.1, 0.15) is 26.6 Å². The van der Waals surface area contributed by atoms with Crippen molar-refractivity contribution in [3.8, 4) is 0 Å². The van der Waals surface area contributed by atoms with Gasteiger partial charge in [-0.2, -0.15) is 0 Å². The molecular weight excluding hydrogens is 222 g/mol. The van der Waals surface area contributed by atoms with Crippen molar-refractivity contribution in [2.24, 2.45) is 5.92 Å². The lowest BCUT2D eigenvalue weighted by atomic mass is 10.1. The number of nitrogens with zero attached hydrogens (tertiary/aromatic N) is 2. The van der Waals surface area contributed by atoms with Crippen LogP contribution in [-0.2, 0) is 6.54 Å². The molecule has 0 amide bonds. The quantitative estimate of drug-likeness (QED) is 0.877. The molecule has 1 atom stereocenters. The maximum atomic E-state index is 4.60. The molecule has 0 aliphatic carbocycles. The third-order valence-electron chi connectivity index (χ3n) is 3.21. The van der Waals surface area contributed by atoms with Crippen LogP contribution >= 0.6 is 0 Å². The van der Waals surface area contributed by atoms with E-state index in [0.717, 1.165) is 24.4 Å². The number of aryl methyl sites for hydroxylation is 1. The molecule has 0 saturated heterocycles. The second-order valence-corrected chi connectivity index (χ2v) is 5.43. The number of benzene rings is 1. The summed E-state index contributed by atoms with van der Waals surface area (Å²) in [4.78, 5) is 4.60. The molecule has 0 bridgehead atoms. The molecule has 3 nitrogen and oxygen atoms in total. The molecule has 1 aromatic heterocycles. The molecule has 0 saturated carbocycles. The van der Waals surface area contributed by atoms with E-state index in [1.807, 2.05) is 6.07 Å². The average Bonchev–Trinajstić information content (AvgIpc) is 2.64. The lowest BCUT2D eigenvalue weighted by Crippen LogP contribution is -2.29. The molecule has 1 heterocycles. The summed E-state index contributed by atoms with van der Waals surface area (Å²) >= 11 is 0. The smallest absolute Gasteiger partial charge is 0.106 e. The summed E-state index contributed by atoms with van der Waals surface area (Å²) in [5.74, 6) is 1.70. The van der Waals surface area contributed by atoms with E-state index in [2.05, 4.69) is 60.8 Å². The fraction of sp³-hybridized carbons (Fsp3) is 0.533. The largest absolute Gasteiger partial charge is 0.328 e. The topological polar surface area (TPSA) is 29.9 Å². The van der Waals surface area contributed by atoms with E-state index in [1.54, 1.807) is 0 Å². The van der Waals surface area contributed by atoms with Crippen molar-refractivity contribution in [3.05, 3.63) is 30.1 Å². The fourth-order valence-electron chi connectivity index (χ4n) is 2.24. The number of rotatable bonds is 5. The van der Waals surface area contributed by atoms with Crippen molar-refractivity contribution in [1.29, 1.82) is 0 Å². The summed E-state index contributed by atoms with van der Waals surface area (Å²) in [5.41, 5.74) is 2.34. The number of nitrogens with one attached hydrogen (secondary N) is 1. The van der Waals surface area contributed by atoms with Crippen LogP contribution in [0.3, 0.4) is 0 Å². The van der Waals surface area contributed by atoms with Gasteiger partial charge in [-0.25, -0.2) is 4.98 Å². The molecule has 98 valence electrons. The van der Waals surface area contributed by atoms with Crippen LogP contribution in [0, 0.1) is 12.8 Å². The number of aromatic nitrogens is 2. The first kappa shape index (κ1) is 13.1. The summed E-state index contributed by atoms with van der Waals surface area (Å²) in [5, 5.41) is 3.49. The summed E-state index contributed by atoms with van der Waals surface area (Å²) in [6, 6.07) is 8.90. The van der Waals surface area contributed by atoms with E-state index in [1.165, 1.54) is 5.52 Å². The highest BCUT2D eigenvalue weighted by Gasteiger charge is 2.10. The monoisotopic (exact) mass is 245 g/mol. The molecule has 0 spiro atoms. The Bertz CT molecular complexity index is 513. The predicted molar refractivity (Wildman–Crippen MR) is 76.8 cm³/mol. The Morgan fingerprint density at radius 3 is 2.67 bits per heavy atom. The van der Waals surface area contributed by atoms with Gasteiger partial charge in [-0.3, -0.25) is 0 Å². The van der Waals surface area contributed by atoms with Gasteiger partial charge in [-0.15, -0.1) is 0 Å². The highest BCUT2D eigenvalue weighted by atomic mass is 15.1. The summed E-state index contributed by atoms with van der Waals surface area (Å²) in [6.45, 7) is 10.8. The van der Waals surface area contributed by atoms with Gasteiger partial charge in [-0.1, -0.05) is 32.9 Å². The number of hydrogen-bond donors (Lipinski definition) is 1. The SMILES string of the molecule is Cc1nc2ccccc2n1CC(C)CNC(C)C. The lowest BCUT2D eigenvalue weighted by Gasteiger charge is -2.16. The third kappa shape index (κ3) is 2.91. The number of para-hydroxylation sites is 2. The van der Waals surface area contributed by atoms with Crippen LogP contribution in [0.2, 0.25) is 0 Å². The van der Waals surface area contributed by atoms with Crippen LogP contribution in [0.15, 0.2) is 24.3 Å². The molecular formula is C15H23N3. The Hall–Kier alpha value is -1.35. The Kier molecular flexibility index (Phi) is 4.02. The molecule has 0 radical (unpaired) electrons. The van der Waals surface area contributed by atoms with Crippen molar-refractivity contribution in [2.75, 3.05) is 6.54 Å². The van der Waals surface area contributed by atoms with Crippen LogP contribution in [0.5, 0.6) is 0 Å². The molecule has 0 aliphatic heterocycles. The summed E-state index contributed by atoms with van der Waals surface area (Å²) in [7, 11) is 0. The van der Waals surface area contributed by atoms with E-state index >= 15 is 0 Å². The third-order valence-corrected chi connectivity index (χ3v) is 3.21. The summed E-state index contributed by atoms with van der Waals surface area (Å²) < 4.78 is 2.32. The fourth-order valence-corrected chi connectivity index (χ4v) is 2.24. The Morgan fingerprint density at radius 2 is 1.94 bits per heavy atom. The zero-order valence-corrected chi connectivity index (χ0v) is 11.8. The van der Waals surface area contributed by atoms with E-state index < -0.39 is 0 Å². The van der Waals surface area contributed by atoms with E-state index in [9.17, 15) is 0 Å². The minimum Gasteiger partial charge on any atom is -0.328 e. The average molecular weight is 245 g/mol. The first-order chi connectivity index (χ1) is 8.58. The molecule has 2 aromatic rings. The van der Waals surface area contributed by atoms with E-state index in [-0.39, 0.29) is 0 Å². The van der Waals surface area contributed by atoms with Gasteiger partial charge in [-0.05, 0) is 31.5 Å². The van der Waals surface area contributed by atoms with Gasteiger partial charge in [0.2, 0.25) is 0 Å². The molecule has 1 N–H and O–H groups in total. The normalized spacial score (nSPS) is 13.4. The minimum absolute atomic E-state index is 0.549. The second kappa shape index (κ2) is 5.53. The van der Waals surface area contributed by atoms with E-state index in [4.69, 9.17) is 0 Å². The van der Waals surface area contributed by atoms with Crippen LogP contribution in [0.4, 0.5) is 0 Å². The second-order valence-electron chi connectivity index (χ2n) is 5.43. The maximum Gasteiger partial charge on any atom is 0.106 e.